The molecule has 0 unspecified atom stereocenters. The third kappa shape index (κ3) is 6.88. The van der Waals surface area contributed by atoms with Crippen LogP contribution in [0.3, 0.4) is 0 Å². The summed E-state index contributed by atoms with van der Waals surface area (Å²) in [6, 6.07) is 85.0. The van der Waals surface area contributed by atoms with Gasteiger partial charge in [0.25, 0.3) is 0 Å². The van der Waals surface area contributed by atoms with Crippen molar-refractivity contribution in [2.75, 3.05) is 0 Å². The summed E-state index contributed by atoms with van der Waals surface area (Å²) in [7, 11) is 0. The summed E-state index contributed by atoms with van der Waals surface area (Å²) in [5.41, 5.74) is 18.6. The second kappa shape index (κ2) is 16.9. The zero-order valence-corrected chi connectivity index (χ0v) is 37.9. The van der Waals surface area contributed by atoms with E-state index in [-0.39, 0.29) is 0 Å². The largest absolute Gasteiger partial charge is 0.237 e. The molecule has 1 aromatic heterocycles. The van der Waals surface area contributed by atoms with Crippen molar-refractivity contribution >= 4 is 27.2 Å². The number of nitrogens with zero attached hydrogens (tertiary/aromatic N) is 4. The molecule has 1 aliphatic rings. The Labute approximate surface area is 406 Å². The van der Waals surface area contributed by atoms with Gasteiger partial charge in [-0.1, -0.05) is 231 Å². The zero-order valence-electron chi connectivity index (χ0n) is 37.9. The highest BCUT2D eigenvalue weighted by molar-refractivity contribution is 6.15. The van der Waals surface area contributed by atoms with E-state index in [0.717, 1.165) is 77.7 Å². The summed E-state index contributed by atoms with van der Waals surface area (Å²) >= 11 is 0. The molecule has 0 saturated carbocycles. The fourth-order valence-corrected chi connectivity index (χ4v) is 10.6. The molecule has 0 fully saturated rings. The molecule has 0 amide bonds. The molecule has 0 N–H and O–H groups in total. The van der Waals surface area contributed by atoms with Gasteiger partial charge in [-0.15, -0.1) is 0 Å². The highest BCUT2D eigenvalue weighted by atomic mass is 15.0. The Hall–Kier alpha value is -9.56. The maximum absolute atomic E-state index is 8.47. The monoisotopic (exact) mass is 888 g/mol. The third-order valence-electron chi connectivity index (χ3n) is 13.7. The average molecular weight is 889 g/mol. The molecule has 0 saturated heterocycles. The molecule has 0 atom stereocenters. The summed E-state index contributed by atoms with van der Waals surface area (Å²) in [4.78, 5) is 20.0. The van der Waals surface area contributed by atoms with Gasteiger partial charge in [-0.3, -0.25) is 0 Å². The lowest BCUT2D eigenvalue weighted by molar-refractivity contribution is 1.07. The first-order valence-corrected chi connectivity index (χ1v) is 23.5. The molecule has 4 nitrogen and oxygen atoms in total. The predicted molar refractivity (Wildman–Crippen MR) is 289 cm³/mol. The van der Waals surface area contributed by atoms with Crippen molar-refractivity contribution in [2.45, 2.75) is 0 Å². The number of fused-ring (bicyclic) bond motifs is 4. The minimum Gasteiger partial charge on any atom is -0.237 e. The van der Waals surface area contributed by atoms with Gasteiger partial charge in [-0.2, -0.15) is 0 Å². The van der Waals surface area contributed by atoms with E-state index in [1.807, 2.05) is 48.5 Å². The summed E-state index contributed by atoms with van der Waals surface area (Å²) in [5, 5.41) is 4.91. The minimum atomic E-state index is 0.568. The quantitative estimate of drug-likeness (QED) is 0.143. The number of rotatable bonds is 8. The van der Waals surface area contributed by atoms with Crippen LogP contribution in [0.1, 0.15) is 0 Å². The van der Waals surface area contributed by atoms with E-state index in [4.69, 9.17) is 21.5 Å². The maximum atomic E-state index is 8.47. The molecular formula is C66H40N4. The first-order chi connectivity index (χ1) is 34.7. The second-order valence-corrected chi connectivity index (χ2v) is 17.7. The van der Waals surface area contributed by atoms with Crippen molar-refractivity contribution in [3.05, 3.63) is 254 Å². The lowest BCUT2D eigenvalue weighted by Crippen LogP contribution is -2.02. The Morgan fingerprint density at radius 1 is 0.271 bits per heavy atom. The summed E-state index contributed by atoms with van der Waals surface area (Å²) in [5.74, 6) is 1.75. The van der Waals surface area contributed by atoms with Gasteiger partial charge in [0.15, 0.2) is 23.2 Å². The normalized spacial score (nSPS) is 11.4. The molecule has 70 heavy (non-hydrogen) atoms. The lowest BCUT2D eigenvalue weighted by Gasteiger charge is -2.19. The lowest BCUT2D eigenvalue weighted by atomic mass is 9.86. The molecule has 1 heterocycles. The maximum Gasteiger partial charge on any atom is 0.195 e. The van der Waals surface area contributed by atoms with E-state index < -0.39 is 0 Å². The number of benzene rings is 11. The van der Waals surface area contributed by atoms with Crippen LogP contribution in [-0.2, 0) is 0 Å². The molecule has 4 heteroatoms. The molecule has 0 radical (unpaired) electrons. The van der Waals surface area contributed by atoms with Crippen LogP contribution in [0, 0.1) is 6.57 Å². The third-order valence-corrected chi connectivity index (χ3v) is 13.7. The number of aromatic nitrogens is 3. The molecule has 0 aliphatic heterocycles. The van der Waals surface area contributed by atoms with Gasteiger partial charge in [0.1, 0.15) is 0 Å². The van der Waals surface area contributed by atoms with Crippen LogP contribution in [0.25, 0.3) is 138 Å². The van der Waals surface area contributed by atoms with Gasteiger partial charge < -0.3 is 0 Å². The minimum absolute atomic E-state index is 0.568. The molecular weight excluding hydrogens is 849 g/mol. The Morgan fingerprint density at radius 2 is 0.714 bits per heavy atom. The van der Waals surface area contributed by atoms with Crippen LogP contribution < -0.4 is 0 Å². The first kappa shape index (κ1) is 40.7. The number of hydrogen-bond donors (Lipinski definition) is 0. The van der Waals surface area contributed by atoms with Crippen LogP contribution >= 0.6 is 0 Å². The molecule has 324 valence electrons. The van der Waals surface area contributed by atoms with Gasteiger partial charge in [-0.25, -0.2) is 19.8 Å². The van der Waals surface area contributed by atoms with E-state index >= 15 is 0 Å². The summed E-state index contributed by atoms with van der Waals surface area (Å²) < 4.78 is 0. The second-order valence-electron chi connectivity index (χ2n) is 17.7. The van der Waals surface area contributed by atoms with Crippen LogP contribution in [0.15, 0.2) is 243 Å². The molecule has 1 aliphatic carbocycles. The van der Waals surface area contributed by atoms with Crippen molar-refractivity contribution in [1.29, 1.82) is 0 Å². The van der Waals surface area contributed by atoms with Crippen LogP contribution in [0.4, 0.5) is 5.69 Å². The summed E-state index contributed by atoms with van der Waals surface area (Å²) in [6.45, 7) is 8.47. The smallest absolute Gasteiger partial charge is 0.195 e. The molecule has 0 spiro atoms. The van der Waals surface area contributed by atoms with Crippen molar-refractivity contribution in [3.63, 3.8) is 0 Å². The van der Waals surface area contributed by atoms with Crippen molar-refractivity contribution in [2.24, 2.45) is 0 Å². The average Bonchev–Trinajstić information content (AvgIpc) is 3.76. The standard InChI is InChI=1S/C66H40N4/c1-67-61-37-17-36-56(63(61)47-25-13-24-45(40-47)46-38-39-54-55-34-15-22-43-23-16-35-57(62(43)55)60(54)41-46)51-28-8-7-27-50(51)53-30-10-12-32-59(53)66-69-64(44-19-3-2-4-20-44)68-65(70-66)58-31-11-9-29-52(58)49-33-14-21-42-18-5-6-26-48(42)49/h2-41H. The van der Waals surface area contributed by atoms with Gasteiger partial charge in [0.05, 0.1) is 6.57 Å². The van der Waals surface area contributed by atoms with Gasteiger partial charge in [-0.05, 0) is 112 Å². The summed E-state index contributed by atoms with van der Waals surface area (Å²) in [6.07, 6.45) is 0. The van der Waals surface area contributed by atoms with Gasteiger partial charge in [0.2, 0.25) is 0 Å². The van der Waals surface area contributed by atoms with Crippen LogP contribution in [-0.4, -0.2) is 15.0 Å². The van der Waals surface area contributed by atoms with E-state index in [0.29, 0.717) is 23.2 Å². The highest BCUT2D eigenvalue weighted by Crippen LogP contribution is 2.50. The van der Waals surface area contributed by atoms with Gasteiger partial charge >= 0.3 is 0 Å². The SMILES string of the molecule is [C-]#[N+]c1cccc(-c2ccccc2-c2ccccc2-c2nc(-c3ccccc3)nc(-c3ccccc3-c3cccc4ccccc34)n2)c1-c1cccc(-c2ccc3c(c2)-c2cccc4cccc-3c24)c1. The van der Waals surface area contributed by atoms with E-state index in [2.05, 4.69) is 199 Å². The Kier molecular flexibility index (Phi) is 9.85. The van der Waals surface area contributed by atoms with E-state index in [1.165, 1.54) is 38.4 Å². The zero-order chi connectivity index (χ0) is 46.5. The Bertz CT molecular complexity index is 4080. The van der Waals surface area contributed by atoms with Gasteiger partial charge in [0, 0.05) is 16.7 Å². The van der Waals surface area contributed by atoms with Crippen molar-refractivity contribution in [3.8, 4) is 112 Å². The fourth-order valence-electron chi connectivity index (χ4n) is 10.6. The molecule has 13 rings (SSSR count). The van der Waals surface area contributed by atoms with Crippen molar-refractivity contribution in [1.82, 2.24) is 15.0 Å². The van der Waals surface area contributed by atoms with E-state index in [1.54, 1.807) is 0 Å². The van der Waals surface area contributed by atoms with Crippen LogP contribution in [0.5, 0.6) is 0 Å². The van der Waals surface area contributed by atoms with E-state index in [9.17, 15) is 0 Å². The highest BCUT2D eigenvalue weighted by Gasteiger charge is 2.24. The van der Waals surface area contributed by atoms with Crippen molar-refractivity contribution < 1.29 is 0 Å². The molecule has 12 aromatic rings. The Balaban J connectivity index is 0.949. The van der Waals surface area contributed by atoms with Crippen LogP contribution in [0.2, 0.25) is 0 Å². The topological polar surface area (TPSA) is 43.0 Å². The Morgan fingerprint density at radius 3 is 1.43 bits per heavy atom. The fraction of sp³-hybridized carbons (Fsp3) is 0. The molecule has 11 aromatic carbocycles. The first-order valence-electron chi connectivity index (χ1n) is 23.5. The number of hydrogen-bond acceptors (Lipinski definition) is 3. The molecule has 0 bridgehead atoms. The predicted octanol–water partition coefficient (Wildman–Crippen LogP) is 17.7.